The third-order valence-electron chi connectivity index (χ3n) is 5.52. The van der Waals surface area contributed by atoms with Crippen molar-refractivity contribution in [3.8, 4) is 0 Å². The molecule has 0 bridgehead atoms. The Morgan fingerprint density at radius 2 is 1.48 bits per heavy atom. The van der Waals surface area contributed by atoms with Gasteiger partial charge in [-0.25, -0.2) is 0 Å². The molecule has 1 aromatic heterocycles. The second kappa shape index (κ2) is 6.17. The highest BCUT2D eigenvalue weighted by molar-refractivity contribution is 5.97. The summed E-state index contributed by atoms with van der Waals surface area (Å²) in [5.41, 5.74) is 0.217. The molecule has 25 heavy (non-hydrogen) atoms. The van der Waals surface area contributed by atoms with Gasteiger partial charge in [0.1, 0.15) is 0 Å². The quantitative estimate of drug-likeness (QED) is 0.841. The highest BCUT2D eigenvalue weighted by atomic mass is 16.2. The van der Waals surface area contributed by atoms with Crippen molar-refractivity contribution in [2.75, 3.05) is 0 Å². The number of rotatable bonds is 3. The van der Waals surface area contributed by atoms with Crippen LogP contribution in [-0.4, -0.2) is 32.9 Å². The van der Waals surface area contributed by atoms with Gasteiger partial charge >= 0.3 is 11.1 Å². The number of carbonyl (C=O) groups excluding carboxylic acids is 1. The van der Waals surface area contributed by atoms with E-state index in [0.29, 0.717) is 28.7 Å². The van der Waals surface area contributed by atoms with Crippen LogP contribution in [-0.2, 0) is 0 Å². The van der Waals surface area contributed by atoms with Crippen LogP contribution in [0.1, 0.15) is 55.8 Å². The minimum Gasteiger partial charge on any atom is -0.333 e. The molecule has 0 spiro atoms. The largest absolute Gasteiger partial charge is 0.333 e. The summed E-state index contributed by atoms with van der Waals surface area (Å²) in [5.74, 6) is 0.783. The summed E-state index contributed by atoms with van der Waals surface area (Å²) in [4.78, 5) is 43.3. The number of fused-ring (bicyclic) bond motifs is 1. The number of nitrogens with one attached hydrogen (secondary N) is 2. The van der Waals surface area contributed by atoms with Crippen LogP contribution >= 0.6 is 0 Å². The van der Waals surface area contributed by atoms with Gasteiger partial charge in [-0.05, 0) is 62.6 Å². The van der Waals surface area contributed by atoms with Crippen molar-refractivity contribution in [3.63, 3.8) is 0 Å². The smallest absolute Gasteiger partial charge is 0.314 e. The molecule has 1 amide bonds. The van der Waals surface area contributed by atoms with Gasteiger partial charge in [-0.2, -0.15) is 0 Å². The van der Waals surface area contributed by atoms with E-state index < -0.39 is 11.1 Å². The van der Waals surface area contributed by atoms with Crippen molar-refractivity contribution in [2.45, 2.75) is 57.5 Å². The third kappa shape index (κ3) is 3.13. The molecule has 132 valence electrons. The average Bonchev–Trinajstić information content (AvgIpc) is 3.42. The maximum Gasteiger partial charge on any atom is 0.314 e. The third-order valence-corrected chi connectivity index (χ3v) is 5.52. The van der Waals surface area contributed by atoms with E-state index in [1.807, 2.05) is 0 Å². The van der Waals surface area contributed by atoms with Gasteiger partial charge in [0.25, 0.3) is 5.91 Å². The molecule has 0 saturated heterocycles. The summed E-state index contributed by atoms with van der Waals surface area (Å²) in [6.45, 7) is 2.28. The van der Waals surface area contributed by atoms with Crippen molar-refractivity contribution in [2.24, 2.45) is 5.92 Å². The molecule has 2 N–H and O–H groups in total. The van der Waals surface area contributed by atoms with E-state index in [2.05, 4.69) is 21.8 Å². The first-order chi connectivity index (χ1) is 12.0. The minimum absolute atomic E-state index is 0.0380. The van der Waals surface area contributed by atoms with E-state index in [-0.39, 0.29) is 5.91 Å². The molecular weight excluding hydrogens is 318 g/mol. The van der Waals surface area contributed by atoms with Gasteiger partial charge in [-0.15, -0.1) is 0 Å². The second-order valence-corrected chi connectivity index (χ2v) is 7.53. The van der Waals surface area contributed by atoms with E-state index >= 15 is 0 Å². The summed E-state index contributed by atoms with van der Waals surface area (Å²) < 4.78 is 0. The van der Waals surface area contributed by atoms with Crippen LogP contribution in [0.2, 0.25) is 0 Å². The Labute approximate surface area is 145 Å². The van der Waals surface area contributed by atoms with Crippen LogP contribution in [0.3, 0.4) is 0 Å². The Balaban J connectivity index is 1.66. The summed E-state index contributed by atoms with van der Waals surface area (Å²) in [6, 6.07) is 5.78. The number of amides is 1. The fourth-order valence-electron chi connectivity index (χ4n) is 3.90. The molecule has 2 saturated carbocycles. The van der Waals surface area contributed by atoms with Crippen LogP contribution in [0.15, 0.2) is 27.8 Å². The van der Waals surface area contributed by atoms with E-state index in [4.69, 9.17) is 0 Å². The first-order valence-electron chi connectivity index (χ1n) is 9.12. The van der Waals surface area contributed by atoms with Crippen molar-refractivity contribution in [1.29, 1.82) is 0 Å². The number of hydrogen-bond donors (Lipinski definition) is 2. The number of H-pyrrole nitrogens is 2. The van der Waals surface area contributed by atoms with Crippen LogP contribution in [0.4, 0.5) is 0 Å². The number of hydrogen-bond acceptors (Lipinski definition) is 3. The van der Waals surface area contributed by atoms with Crippen molar-refractivity contribution in [3.05, 3.63) is 44.5 Å². The maximum atomic E-state index is 13.2. The molecule has 2 aliphatic carbocycles. The molecule has 2 aromatic rings. The highest BCUT2D eigenvalue weighted by Gasteiger charge is 2.38. The van der Waals surface area contributed by atoms with E-state index in [1.165, 1.54) is 12.8 Å². The van der Waals surface area contributed by atoms with Crippen LogP contribution < -0.4 is 11.1 Å². The molecule has 6 heteroatoms. The number of benzene rings is 1. The number of carbonyl (C=O) groups is 1. The molecule has 2 fully saturated rings. The molecule has 0 atom stereocenters. The van der Waals surface area contributed by atoms with Gasteiger partial charge in [0.2, 0.25) is 0 Å². The molecule has 4 rings (SSSR count). The van der Waals surface area contributed by atoms with Gasteiger partial charge < -0.3 is 14.9 Å². The fraction of sp³-hybridized carbons (Fsp3) is 0.526. The average molecular weight is 341 g/mol. The highest BCUT2D eigenvalue weighted by Crippen LogP contribution is 2.36. The molecule has 1 aromatic carbocycles. The van der Waals surface area contributed by atoms with E-state index in [9.17, 15) is 14.4 Å². The number of nitrogens with zero attached hydrogens (tertiary/aromatic N) is 1. The normalized spacial score (nSPS) is 23.6. The first-order valence-corrected chi connectivity index (χ1v) is 9.12. The van der Waals surface area contributed by atoms with Crippen molar-refractivity contribution in [1.82, 2.24) is 14.9 Å². The molecule has 2 aliphatic rings. The molecule has 0 radical (unpaired) electrons. The first kappa shape index (κ1) is 16.1. The lowest BCUT2D eigenvalue weighted by Crippen LogP contribution is -2.43. The van der Waals surface area contributed by atoms with Crippen LogP contribution in [0.25, 0.3) is 11.0 Å². The Morgan fingerprint density at radius 3 is 2.08 bits per heavy atom. The van der Waals surface area contributed by atoms with Gasteiger partial charge in [0.15, 0.2) is 0 Å². The lowest BCUT2D eigenvalue weighted by atomic mass is 9.86. The Kier molecular flexibility index (Phi) is 3.98. The summed E-state index contributed by atoms with van der Waals surface area (Å²) in [6.07, 6.45) is 6.65. The fourth-order valence-corrected chi connectivity index (χ4v) is 3.90. The predicted molar refractivity (Wildman–Crippen MR) is 95.8 cm³/mol. The zero-order valence-electron chi connectivity index (χ0n) is 14.4. The zero-order valence-corrected chi connectivity index (χ0v) is 14.4. The molecule has 0 aliphatic heterocycles. The molecule has 0 unspecified atom stereocenters. The second-order valence-electron chi connectivity index (χ2n) is 7.53. The SMILES string of the molecule is CC1CCC(N(C(=O)c2ccc3[nH]c(=O)c(=O)[nH]c3c2)C2CC2)CC1. The molecular formula is C19H23N3O3. The topological polar surface area (TPSA) is 86.0 Å². The van der Waals surface area contributed by atoms with Gasteiger partial charge in [-0.1, -0.05) is 6.92 Å². The number of aromatic amines is 2. The van der Waals surface area contributed by atoms with Crippen molar-refractivity contribution >= 4 is 16.9 Å². The summed E-state index contributed by atoms with van der Waals surface area (Å²) >= 11 is 0. The van der Waals surface area contributed by atoms with Gasteiger partial charge in [0, 0.05) is 17.6 Å². The maximum absolute atomic E-state index is 13.2. The van der Waals surface area contributed by atoms with Gasteiger partial charge in [0.05, 0.1) is 11.0 Å². The Bertz CT molecular complexity index is 917. The van der Waals surface area contributed by atoms with E-state index in [0.717, 1.165) is 31.6 Å². The monoisotopic (exact) mass is 341 g/mol. The lowest BCUT2D eigenvalue weighted by Gasteiger charge is -2.36. The van der Waals surface area contributed by atoms with Crippen LogP contribution in [0, 0.1) is 5.92 Å². The standard InChI is InChI=1S/C19H23N3O3/c1-11-2-5-13(6-3-11)22(14-7-8-14)19(25)12-4-9-15-16(10-12)21-18(24)17(23)20-15/h4,9-11,13-14H,2-3,5-8H2,1H3,(H,20,23)(H,21,24). The lowest BCUT2D eigenvalue weighted by molar-refractivity contribution is 0.0593. The van der Waals surface area contributed by atoms with Crippen LogP contribution in [0.5, 0.6) is 0 Å². The number of aromatic nitrogens is 2. The predicted octanol–water partition coefficient (Wildman–Crippen LogP) is 2.40. The minimum atomic E-state index is -0.697. The van der Waals surface area contributed by atoms with E-state index in [1.54, 1.807) is 18.2 Å². The zero-order chi connectivity index (χ0) is 17.6. The molecule has 6 nitrogen and oxygen atoms in total. The van der Waals surface area contributed by atoms with Gasteiger partial charge in [-0.3, -0.25) is 14.4 Å². The van der Waals surface area contributed by atoms with Crippen molar-refractivity contribution < 1.29 is 4.79 Å². The Hall–Kier alpha value is -2.37. The summed E-state index contributed by atoms with van der Waals surface area (Å²) in [7, 11) is 0. The Morgan fingerprint density at radius 1 is 0.920 bits per heavy atom. The summed E-state index contributed by atoms with van der Waals surface area (Å²) in [5, 5.41) is 0. The molecule has 1 heterocycles.